The Morgan fingerprint density at radius 2 is 2.07 bits per heavy atom. The van der Waals surface area contributed by atoms with Gasteiger partial charge in [0.25, 0.3) is 0 Å². The van der Waals surface area contributed by atoms with E-state index in [0.717, 1.165) is 6.61 Å². The number of rotatable bonds is 3. The van der Waals surface area contributed by atoms with Gasteiger partial charge in [-0.2, -0.15) is 0 Å². The molecule has 0 spiro atoms. The van der Waals surface area contributed by atoms with Crippen LogP contribution in [0, 0.1) is 0 Å². The van der Waals surface area contributed by atoms with E-state index in [1.807, 2.05) is 34.6 Å². The summed E-state index contributed by atoms with van der Waals surface area (Å²) < 4.78 is 10.4. The molecule has 1 fully saturated rings. The maximum atomic E-state index is 11.8. The lowest BCUT2D eigenvalue weighted by molar-refractivity contribution is 0.0177. The zero-order valence-corrected chi connectivity index (χ0v) is 10.2. The van der Waals surface area contributed by atoms with Crippen molar-refractivity contribution in [1.82, 2.24) is 4.90 Å². The minimum atomic E-state index is -0.436. The van der Waals surface area contributed by atoms with E-state index in [1.165, 1.54) is 0 Å². The Labute approximate surface area is 91.5 Å². The average molecular weight is 215 g/mol. The summed E-state index contributed by atoms with van der Waals surface area (Å²) in [6.45, 7) is 11.0. The number of hydrogen-bond donors (Lipinski definition) is 0. The maximum Gasteiger partial charge on any atom is 0.410 e. The van der Waals surface area contributed by atoms with Crippen molar-refractivity contribution >= 4 is 6.09 Å². The van der Waals surface area contributed by atoms with Crippen molar-refractivity contribution in [2.45, 2.75) is 52.4 Å². The summed E-state index contributed by atoms with van der Waals surface area (Å²) in [6, 6.07) is 0.143. The van der Waals surface area contributed by atoms with Gasteiger partial charge in [0, 0.05) is 6.04 Å². The lowest BCUT2D eigenvalue weighted by Gasteiger charge is -2.29. The van der Waals surface area contributed by atoms with Gasteiger partial charge in [0.1, 0.15) is 5.60 Å². The highest BCUT2D eigenvalue weighted by atomic mass is 16.6. The molecule has 1 heterocycles. The van der Waals surface area contributed by atoms with E-state index in [4.69, 9.17) is 9.47 Å². The molecule has 0 radical (unpaired) electrons. The van der Waals surface area contributed by atoms with Crippen molar-refractivity contribution in [2.24, 2.45) is 0 Å². The molecule has 0 unspecified atom stereocenters. The number of ether oxygens (including phenoxy) is 2. The van der Waals surface area contributed by atoms with Gasteiger partial charge in [-0.05, 0) is 34.6 Å². The Morgan fingerprint density at radius 3 is 2.40 bits per heavy atom. The minimum Gasteiger partial charge on any atom is -0.444 e. The molecule has 0 saturated carbocycles. The van der Waals surface area contributed by atoms with Crippen LogP contribution in [0.25, 0.3) is 0 Å². The van der Waals surface area contributed by atoms with Gasteiger partial charge < -0.3 is 14.4 Å². The number of carbonyl (C=O) groups is 1. The predicted octanol–water partition coefficient (Wildman–Crippen LogP) is 2.03. The Kier molecular flexibility index (Phi) is 3.60. The molecule has 1 atom stereocenters. The van der Waals surface area contributed by atoms with Crippen molar-refractivity contribution in [1.29, 1.82) is 0 Å². The molecule has 0 bridgehead atoms. The molecule has 1 rings (SSSR count). The summed E-state index contributed by atoms with van der Waals surface area (Å²) in [6.07, 6.45) is -0.0482. The summed E-state index contributed by atoms with van der Waals surface area (Å²) in [7, 11) is 0. The van der Waals surface area contributed by atoms with Crippen LogP contribution >= 0.6 is 0 Å². The van der Waals surface area contributed by atoms with Gasteiger partial charge in [0.2, 0.25) is 0 Å². The Bertz CT molecular complexity index is 228. The van der Waals surface area contributed by atoms with E-state index in [-0.39, 0.29) is 18.2 Å². The lowest BCUT2D eigenvalue weighted by Crippen LogP contribution is -2.42. The van der Waals surface area contributed by atoms with Crippen LogP contribution < -0.4 is 0 Å². The van der Waals surface area contributed by atoms with E-state index < -0.39 is 5.60 Å². The zero-order valence-electron chi connectivity index (χ0n) is 10.2. The fourth-order valence-electron chi connectivity index (χ4n) is 1.21. The first kappa shape index (κ1) is 12.3. The van der Waals surface area contributed by atoms with E-state index in [1.54, 1.807) is 4.90 Å². The highest BCUT2D eigenvalue weighted by Crippen LogP contribution is 2.16. The molecule has 0 aromatic heterocycles. The SMILES string of the molecule is CC(C)N(C[C@H]1CO1)C(=O)OC(C)(C)C. The second kappa shape index (κ2) is 4.39. The fraction of sp³-hybridized carbons (Fsp3) is 0.909. The monoisotopic (exact) mass is 215 g/mol. The van der Waals surface area contributed by atoms with Gasteiger partial charge >= 0.3 is 6.09 Å². The second-order valence-electron chi connectivity index (χ2n) is 5.18. The van der Waals surface area contributed by atoms with Gasteiger partial charge in [0.05, 0.1) is 19.3 Å². The topological polar surface area (TPSA) is 42.1 Å². The number of epoxide rings is 1. The summed E-state index contributed by atoms with van der Waals surface area (Å²) in [5, 5.41) is 0. The normalized spacial score (nSPS) is 20.3. The van der Waals surface area contributed by atoms with Gasteiger partial charge in [-0.15, -0.1) is 0 Å². The van der Waals surface area contributed by atoms with Crippen LogP contribution in [-0.2, 0) is 9.47 Å². The third kappa shape index (κ3) is 4.51. The lowest BCUT2D eigenvalue weighted by atomic mass is 10.2. The van der Waals surface area contributed by atoms with Crippen LogP contribution in [0.1, 0.15) is 34.6 Å². The molecule has 15 heavy (non-hydrogen) atoms. The third-order valence-corrected chi connectivity index (χ3v) is 2.05. The molecule has 0 N–H and O–H groups in total. The molecule has 1 amide bonds. The first-order valence-corrected chi connectivity index (χ1v) is 5.41. The Morgan fingerprint density at radius 1 is 1.53 bits per heavy atom. The molecule has 0 aromatic carbocycles. The van der Waals surface area contributed by atoms with Crippen LogP contribution in [0.5, 0.6) is 0 Å². The van der Waals surface area contributed by atoms with Crippen LogP contribution in [0.15, 0.2) is 0 Å². The van der Waals surface area contributed by atoms with Gasteiger partial charge in [0.15, 0.2) is 0 Å². The molecule has 0 aromatic rings. The number of nitrogens with zero attached hydrogens (tertiary/aromatic N) is 1. The highest BCUT2D eigenvalue weighted by Gasteiger charge is 2.31. The van der Waals surface area contributed by atoms with Crippen LogP contribution in [-0.4, -0.2) is 41.9 Å². The van der Waals surface area contributed by atoms with Crippen molar-refractivity contribution in [2.75, 3.05) is 13.2 Å². The second-order valence-corrected chi connectivity index (χ2v) is 5.18. The maximum absolute atomic E-state index is 11.8. The number of amides is 1. The summed E-state index contributed by atoms with van der Waals surface area (Å²) in [5.41, 5.74) is -0.436. The van der Waals surface area contributed by atoms with Gasteiger partial charge in [-0.3, -0.25) is 0 Å². The van der Waals surface area contributed by atoms with Gasteiger partial charge in [-0.1, -0.05) is 0 Å². The predicted molar refractivity (Wildman–Crippen MR) is 57.8 cm³/mol. The quantitative estimate of drug-likeness (QED) is 0.676. The zero-order chi connectivity index (χ0) is 11.6. The van der Waals surface area contributed by atoms with E-state index >= 15 is 0 Å². The van der Waals surface area contributed by atoms with Crippen LogP contribution in [0.2, 0.25) is 0 Å². The molecule has 0 aliphatic carbocycles. The molecule has 1 saturated heterocycles. The first-order valence-electron chi connectivity index (χ1n) is 5.41. The molecule has 1 aliphatic heterocycles. The van der Waals surface area contributed by atoms with Crippen molar-refractivity contribution in [3.05, 3.63) is 0 Å². The van der Waals surface area contributed by atoms with E-state index in [2.05, 4.69) is 0 Å². The molecule has 88 valence electrons. The largest absolute Gasteiger partial charge is 0.444 e. The Balaban J connectivity index is 2.50. The third-order valence-electron chi connectivity index (χ3n) is 2.05. The van der Waals surface area contributed by atoms with Crippen molar-refractivity contribution in [3.63, 3.8) is 0 Å². The Hall–Kier alpha value is -0.770. The van der Waals surface area contributed by atoms with E-state index in [0.29, 0.717) is 6.54 Å². The van der Waals surface area contributed by atoms with Crippen molar-refractivity contribution < 1.29 is 14.3 Å². The van der Waals surface area contributed by atoms with Crippen LogP contribution in [0.4, 0.5) is 4.79 Å². The minimum absolute atomic E-state index is 0.143. The van der Waals surface area contributed by atoms with Crippen LogP contribution in [0.3, 0.4) is 0 Å². The molecule has 4 heteroatoms. The molecule has 4 nitrogen and oxygen atoms in total. The summed E-state index contributed by atoms with van der Waals surface area (Å²) in [4.78, 5) is 13.5. The van der Waals surface area contributed by atoms with E-state index in [9.17, 15) is 4.79 Å². The molecular formula is C11H21NO3. The highest BCUT2D eigenvalue weighted by molar-refractivity contribution is 5.68. The number of hydrogen-bond acceptors (Lipinski definition) is 3. The van der Waals surface area contributed by atoms with Crippen molar-refractivity contribution in [3.8, 4) is 0 Å². The van der Waals surface area contributed by atoms with Gasteiger partial charge in [-0.25, -0.2) is 4.79 Å². The fourth-order valence-corrected chi connectivity index (χ4v) is 1.21. The number of carbonyl (C=O) groups excluding carboxylic acids is 1. The summed E-state index contributed by atoms with van der Waals surface area (Å²) >= 11 is 0. The molecule has 1 aliphatic rings. The first-order chi connectivity index (χ1) is 6.79. The molecular weight excluding hydrogens is 194 g/mol. The average Bonchev–Trinajstić information content (AvgIpc) is 2.78. The smallest absolute Gasteiger partial charge is 0.410 e. The summed E-state index contributed by atoms with van der Waals surface area (Å²) in [5.74, 6) is 0. The standard InChI is InChI=1S/C11H21NO3/c1-8(2)12(6-9-7-14-9)10(13)15-11(3,4)5/h8-9H,6-7H2,1-5H3/t9-/m0/s1.